The number of carbonyl (C=O) groups excluding carboxylic acids is 6. The van der Waals surface area contributed by atoms with Crippen molar-refractivity contribution >= 4 is 35.5 Å². The van der Waals surface area contributed by atoms with Gasteiger partial charge in [0.1, 0.15) is 18.6 Å². The van der Waals surface area contributed by atoms with Gasteiger partial charge in [0.05, 0.1) is 25.8 Å². The smallest absolute Gasteiger partial charge is 0.407 e. The molecule has 1 heterocycles. The predicted octanol–water partition coefficient (Wildman–Crippen LogP) is 1.32. The maximum absolute atomic E-state index is 13.0. The number of likely N-dealkylation sites (N-methyl/N-ethyl adjacent to an activating group) is 1. The molecule has 0 radical (unpaired) electrons. The Morgan fingerprint density at radius 1 is 1.02 bits per heavy atom. The maximum atomic E-state index is 13.0. The van der Waals surface area contributed by atoms with Crippen molar-refractivity contribution in [2.45, 2.75) is 72.0 Å². The van der Waals surface area contributed by atoms with Crippen LogP contribution in [0.2, 0.25) is 0 Å². The second-order valence-corrected chi connectivity index (χ2v) is 12.9. The van der Waals surface area contributed by atoms with E-state index in [1.807, 2.05) is 34.6 Å². The van der Waals surface area contributed by atoms with Crippen LogP contribution in [0.25, 0.3) is 0 Å². The summed E-state index contributed by atoms with van der Waals surface area (Å²) in [5.74, 6) is -2.91. The van der Waals surface area contributed by atoms with Gasteiger partial charge in [-0.2, -0.15) is 5.48 Å². The minimum absolute atomic E-state index is 0.0469. The van der Waals surface area contributed by atoms with Gasteiger partial charge in [-0.15, -0.1) is 0 Å². The summed E-state index contributed by atoms with van der Waals surface area (Å²) in [6.07, 6.45) is 0.809. The molecule has 1 aromatic carbocycles. The van der Waals surface area contributed by atoms with Gasteiger partial charge in [-0.1, -0.05) is 71.4 Å². The highest BCUT2D eigenvalue weighted by atomic mass is 16.6. The summed E-state index contributed by atoms with van der Waals surface area (Å²) in [5, 5.41) is 7.43. The Hall–Kier alpha value is -4.04. The number of alkyl carbamates (subject to hydrolysis) is 1. The van der Waals surface area contributed by atoms with Gasteiger partial charge in [-0.25, -0.2) is 4.79 Å². The van der Waals surface area contributed by atoms with Crippen molar-refractivity contribution in [3.05, 3.63) is 35.9 Å². The van der Waals surface area contributed by atoms with Crippen LogP contribution in [0.1, 0.15) is 65.5 Å². The molecule has 1 aliphatic rings. The first-order valence-corrected chi connectivity index (χ1v) is 15.6. The van der Waals surface area contributed by atoms with Crippen molar-refractivity contribution in [3.63, 3.8) is 0 Å². The molecule has 0 aromatic heterocycles. The van der Waals surface area contributed by atoms with Crippen LogP contribution in [0, 0.1) is 11.3 Å². The lowest BCUT2D eigenvalue weighted by molar-refractivity contribution is -0.143. The van der Waals surface area contributed by atoms with E-state index in [4.69, 9.17) is 9.57 Å². The minimum atomic E-state index is -0.989. The number of hydrogen-bond acceptors (Lipinski definition) is 9. The molecule has 14 nitrogen and oxygen atoms in total. The van der Waals surface area contributed by atoms with E-state index < -0.39 is 42.3 Å². The van der Waals surface area contributed by atoms with Crippen LogP contribution >= 0.6 is 0 Å². The second-order valence-electron chi connectivity index (χ2n) is 12.9. The van der Waals surface area contributed by atoms with Gasteiger partial charge >= 0.3 is 6.09 Å². The van der Waals surface area contributed by atoms with Crippen LogP contribution in [0.15, 0.2) is 30.3 Å². The Morgan fingerprint density at radius 2 is 1.70 bits per heavy atom. The number of rotatable bonds is 17. The SMILES string of the molecule is CCCC(NOC[C@@H]1CC(C)(C)CN1C(=O)CNC(=O)OCC(C)C)C(=O)C(=O)NCC(=O)NC(C(=O)N(C)C)c1ccccc1. The van der Waals surface area contributed by atoms with Gasteiger partial charge in [0.2, 0.25) is 23.5 Å². The van der Waals surface area contributed by atoms with Crippen LogP contribution in [0.4, 0.5) is 4.79 Å². The first kappa shape index (κ1) is 38.1. The molecule has 0 aliphatic carbocycles. The number of likely N-dealkylation sites (tertiary alicyclic amines) is 1. The van der Waals surface area contributed by atoms with Gasteiger partial charge in [0.15, 0.2) is 0 Å². The van der Waals surface area contributed by atoms with E-state index >= 15 is 0 Å². The van der Waals surface area contributed by atoms with Crippen LogP contribution in [0.3, 0.4) is 0 Å². The fraction of sp³-hybridized carbons (Fsp3) is 0.625. The van der Waals surface area contributed by atoms with Crippen LogP contribution in [0.5, 0.6) is 0 Å². The number of ketones is 1. The number of hydrogen-bond donors (Lipinski definition) is 4. The van der Waals surface area contributed by atoms with Gasteiger partial charge < -0.3 is 30.5 Å². The first-order valence-electron chi connectivity index (χ1n) is 15.6. The Balaban J connectivity index is 1.91. The number of ether oxygens (including phenoxy) is 1. The second kappa shape index (κ2) is 18.2. The van der Waals surface area contributed by atoms with E-state index in [0.29, 0.717) is 24.9 Å². The largest absolute Gasteiger partial charge is 0.449 e. The van der Waals surface area contributed by atoms with Gasteiger partial charge in [0.25, 0.3) is 5.91 Å². The Bertz CT molecular complexity index is 1210. The molecule has 46 heavy (non-hydrogen) atoms. The van der Waals surface area contributed by atoms with E-state index in [1.165, 1.54) is 4.90 Å². The zero-order valence-electron chi connectivity index (χ0n) is 28.0. The van der Waals surface area contributed by atoms with Crippen molar-refractivity contribution in [2.24, 2.45) is 11.3 Å². The highest BCUT2D eigenvalue weighted by molar-refractivity contribution is 6.38. The van der Waals surface area contributed by atoms with Crippen molar-refractivity contribution in [3.8, 4) is 0 Å². The zero-order chi connectivity index (χ0) is 34.4. The number of nitrogens with zero attached hydrogens (tertiary/aromatic N) is 2. The van der Waals surface area contributed by atoms with Crippen molar-refractivity contribution in [2.75, 3.05) is 46.9 Å². The number of carbonyl (C=O) groups is 6. The van der Waals surface area contributed by atoms with Crippen LogP contribution < -0.4 is 21.4 Å². The molecule has 0 saturated carbocycles. The lowest BCUT2D eigenvalue weighted by atomic mass is 9.91. The fourth-order valence-electron chi connectivity index (χ4n) is 4.97. The Morgan fingerprint density at radius 3 is 2.30 bits per heavy atom. The summed E-state index contributed by atoms with van der Waals surface area (Å²) in [6, 6.07) is 6.41. The van der Waals surface area contributed by atoms with Crippen molar-refractivity contribution in [1.29, 1.82) is 0 Å². The molecule has 2 unspecified atom stereocenters. The summed E-state index contributed by atoms with van der Waals surface area (Å²) in [5.41, 5.74) is 3.05. The molecular weight excluding hydrogens is 596 g/mol. The number of amides is 5. The third kappa shape index (κ3) is 12.4. The average molecular weight is 647 g/mol. The third-order valence-corrected chi connectivity index (χ3v) is 7.23. The van der Waals surface area contributed by atoms with E-state index in [9.17, 15) is 28.8 Å². The molecule has 14 heteroatoms. The van der Waals surface area contributed by atoms with Crippen LogP contribution in [-0.4, -0.2) is 104 Å². The predicted molar refractivity (Wildman–Crippen MR) is 170 cm³/mol. The number of Topliss-reactive ketones (excluding diaryl/α,β-unsaturated/α-hetero) is 1. The molecule has 0 spiro atoms. The first-order chi connectivity index (χ1) is 21.6. The molecule has 2 rings (SSSR count). The monoisotopic (exact) mass is 646 g/mol. The normalized spacial score (nSPS) is 16.7. The summed E-state index contributed by atoms with van der Waals surface area (Å²) in [6.45, 7) is 9.71. The zero-order valence-corrected chi connectivity index (χ0v) is 28.0. The van der Waals surface area contributed by atoms with E-state index in [-0.39, 0.29) is 55.4 Å². The molecule has 4 N–H and O–H groups in total. The number of nitrogens with one attached hydrogen (secondary N) is 4. The minimum Gasteiger partial charge on any atom is -0.449 e. The molecule has 256 valence electrons. The summed E-state index contributed by atoms with van der Waals surface area (Å²) >= 11 is 0. The van der Waals surface area contributed by atoms with Crippen molar-refractivity contribution < 1.29 is 38.3 Å². The third-order valence-electron chi connectivity index (χ3n) is 7.23. The van der Waals surface area contributed by atoms with Gasteiger partial charge in [0, 0.05) is 20.6 Å². The molecule has 1 aromatic rings. The molecule has 1 saturated heterocycles. The summed E-state index contributed by atoms with van der Waals surface area (Å²) < 4.78 is 5.07. The quantitative estimate of drug-likeness (QED) is 0.144. The highest BCUT2D eigenvalue weighted by Crippen LogP contribution is 2.34. The maximum Gasteiger partial charge on any atom is 0.407 e. The fourth-order valence-corrected chi connectivity index (χ4v) is 4.97. The van der Waals surface area contributed by atoms with Crippen LogP contribution in [-0.2, 0) is 33.5 Å². The average Bonchev–Trinajstić information content (AvgIpc) is 3.33. The molecular formula is C32H50N6O8. The summed E-state index contributed by atoms with van der Waals surface area (Å²) in [7, 11) is 3.14. The Kier molecular flexibility index (Phi) is 15.1. The lowest BCUT2D eigenvalue weighted by Gasteiger charge is -2.26. The Labute approximate surface area is 271 Å². The topological polar surface area (TPSA) is 175 Å². The summed E-state index contributed by atoms with van der Waals surface area (Å²) in [4.78, 5) is 84.5. The standard InChI is InChI=1S/C32H50N6O8/c1-8-12-24(28(41)29(42)33-16-25(39)35-27(30(43)37(6)7)22-13-10-9-11-14-22)36-46-19-23-15-32(4,5)20-38(23)26(40)17-34-31(44)45-18-21(2)3/h9-11,13-14,21,23-24,27,36H,8,12,15-20H2,1-7H3,(H,33,42)(H,34,44)(H,35,39)/t23-,24?,27?/m0/s1. The molecule has 1 aliphatic heterocycles. The lowest BCUT2D eigenvalue weighted by Crippen LogP contribution is -2.50. The number of hydroxylamine groups is 1. The van der Waals surface area contributed by atoms with Crippen molar-refractivity contribution in [1.82, 2.24) is 31.2 Å². The molecule has 3 atom stereocenters. The van der Waals surface area contributed by atoms with Gasteiger partial charge in [-0.3, -0.25) is 28.8 Å². The van der Waals surface area contributed by atoms with E-state index in [0.717, 1.165) is 0 Å². The molecule has 0 bridgehead atoms. The highest BCUT2D eigenvalue weighted by Gasteiger charge is 2.40. The number of benzene rings is 1. The molecule has 1 fully saturated rings. The van der Waals surface area contributed by atoms with E-state index in [1.54, 1.807) is 49.3 Å². The molecule has 5 amide bonds. The van der Waals surface area contributed by atoms with Gasteiger partial charge in [-0.05, 0) is 29.7 Å². The van der Waals surface area contributed by atoms with E-state index in [2.05, 4.69) is 21.4 Å².